The second kappa shape index (κ2) is 5.33. The Morgan fingerprint density at radius 3 is 2.75 bits per heavy atom. The van der Waals surface area contributed by atoms with Gasteiger partial charge in [0.2, 0.25) is 0 Å². The lowest BCUT2D eigenvalue weighted by atomic mass is 10.1. The monoisotopic (exact) mass is 228 g/mol. The summed E-state index contributed by atoms with van der Waals surface area (Å²) in [6, 6.07) is 8.30. The van der Waals surface area contributed by atoms with Gasteiger partial charge in [0.15, 0.2) is 0 Å². The zero-order chi connectivity index (χ0) is 8.81. The SMILES string of the molecule is COCCCc1ccccc1Br. The van der Waals surface area contributed by atoms with E-state index >= 15 is 0 Å². The fourth-order valence-electron chi connectivity index (χ4n) is 1.11. The molecule has 0 unspecified atom stereocenters. The lowest BCUT2D eigenvalue weighted by molar-refractivity contribution is 0.195. The Hall–Kier alpha value is -0.340. The van der Waals surface area contributed by atoms with Crippen molar-refractivity contribution in [1.29, 1.82) is 0 Å². The van der Waals surface area contributed by atoms with E-state index in [4.69, 9.17) is 4.74 Å². The van der Waals surface area contributed by atoms with Crippen LogP contribution in [0.15, 0.2) is 28.7 Å². The van der Waals surface area contributed by atoms with Crippen LogP contribution >= 0.6 is 15.9 Å². The van der Waals surface area contributed by atoms with Gasteiger partial charge in [-0.05, 0) is 24.5 Å². The van der Waals surface area contributed by atoms with E-state index in [9.17, 15) is 0 Å². The molecule has 2 heteroatoms. The number of halogens is 1. The summed E-state index contributed by atoms with van der Waals surface area (Å²) in [5, 5.41) is 0. The average molecular weight is 229 g/mol. The van der Waals surface area contributed by atoms with E-state index < -0.39 is 0 Å². The first-order chi connectivity index (χ1) is 5.84. The Balaban J connectivity index is 2.46. The minimum absolute atomic E-state index is 0.835. The predicted molar refractivity (Wildman–Crippen MR) is 54.3 cm³/mol. The second-order valence-corrected chi connectivity index (χ2v) is 3.54. The van der Waals surface area contributed by atoms with Crippen LogP contribution < -0.4 is 0 Å². The molecule has 0 bridgehead atoms. The highest BCUT2D eigenvalue weighted by Gasteiger charge is 1.96. The normalized spacial score (nSPS) is 10.2. The van der Waals surface area contributed by atoms with Crippen molar-refractivity contribution in [2.45, 2.75) is 12.8 Å². The van der Waals surface area contributed by atoms with Crippen LogP contribution in [0, 0.1) is 0 Å². The summed E-state index contributed by atoms with van der Waals surface area (Å²) in [4.78, 5) is 0. The molecule has 0 saturated carbocycles. The van der Waals surface area contributed by atoms with Crippen molar-refractivity contribution in [3.05, 3.63) is 34.3 Å². The summed E-state index contributed by atoms with van der Waals surface area (Å²) >= 11 is 3.51. The third kappa shape index (κ3) is 2.95. The van der Waals surface area contributed by atoms with E-state index in [0.29, 0.717) is 0 Å². The van der Waals surface area contributed by atoms with Crippen molar-refractivity contribution in [2.24, 2.45) is 0 Å². The maximum Gasteiger partial charge on any atom is 0.0465 e. The molecule has 0 aliphatic carbocycles. The molecule has 0 atom stereocenters. The minimum atomic E-state index is 0.835. The summed E-state index contributed by atoms with van der Waals surface area (Å²) < 4.78 is 6.18. The first kappa shape index (κ1) is 9.75. The molecule has 0 fully saturated rings. The fourth-order valence-corrected chi connectivity index (χ4v) is 1.59. The summed E-state index contributed by atoms with van der Waals surface area (Å²) in [6.45, 7) is 0.835. The molecule has 0 heterocycles. The fraction of sp³-hybridized carbons (Fsp3) is 0.400. The summed E-state index contributed by atoms with van der Waals surface area (Å²) in [5.74, 6) is 0. The van der Waals surface area contributed by atoms with Gasteiger partial charge in [-0.3, -0.25) is 0 Å². The molecule has 0 aliphatic rings. The van der Waals surface area contributed by atoms with Gasteiger partial charge in [0.1, 0.15) is 0 Å². The van der Waals surface area contributed by atoms with E-state index in [1.807, 2.05) is 6.07 Å². The van der Waals surface area contributed by atoms with Gasteiger partial charge < -0.3 is 4.74 Å². The van der Waals surface area contributed by atoms with Crippen LogP contribution in [0.25, 0.3) is 0 Å². The Morgan fingerprint density at radius 2 is 2.08 bits per heavy atom. The molecule has 0 spiro atoms. The molecular weight excluding hydrogens is 216 g/mol. The molecule has 0 saturated heterocycles. The quantitative estimate of drug-likeness (QED) is 0.721. The maximum atomic E-state index is 4.99. The van der Waals surface area contributed by atoms with E-state index in [1.54, 1.807) is 7.11 Å². The smallest absolute Gasteiger partial charge is 0.0465 e. The van der Waals surface area contributed by atoms with Gasteiger partial charge in [-0.1, -0.05) is 34.1 Å². The largest absolute Gasteiger partial charge is 0.385 e. The number of ether oxygens (including phenoxy) is 1. The van der Waals surface area contributed by atoms with E-state index in [1.165, 1.54) is 10.0 Å². The van der Waals surface area contributed by atoms with Crippen molar-refractivity contribution < 1.29 is 4.74 Å². The van der Waals surface area contributed by atoms with Gasteiger partial charge in [-0.25, -0.2) is 0 Å². The van der Waals surface area contributed by atoms with Gasteiger partial charge in [0.05, 0.1) is 0 Å². The molecule has 0 N–H and O–H groups in total. The van der Waals surface area contributed by atoms with Crippen molar-refractivity contribution >= 4 is 15.9 Å². The number of methoxy groups -OCH3 is 1. The zero-order valence-corrected chi connectivity index (χ0v) is 8.80. The van der Waals surface area contributed by atoms with Crippen LogP contribution in [-0.4, -0.2) is 13.7 Å². The highest BCUT2D eigenvalue weighted by molar-refractivity contribution is 9.10. The first-order valence-corrected chi connectivity index (χ1v) is 4.86. The standard InChI is InChI=1S/C10H13BrO/c1-12-8-4-6-9-5-2-3-7-10(9)11/h2-3,5,7H,4,6,8H2,1H3. The summed E-state index contributed by atoms with van der Waals surface area (Å²) in [6.07, 6.45) is 2.16. The zero-order valence-electron chi connectivity index (χ0n) is 7.22. The van der Waals surface area contributed by atoms with Gasteiger partial charge in [0.25, 0.3) is 0 Å². The molecule has 0 amide bonds. The van der Waals surface area contributed by atoms with Crippen LogP contribution in [0.2, 0.25) is 0 Å². The molecule has 66 valence electrons. The van der Waals surface area contributed by atoms with E-state index in [2.05, 4.69) is 34.1 Å². The molecule has 1 aromatic carbocycles. The third-order valence-corrected chi connectivity index (χ3v) is 2.53. The van der Waals surface area contributed by atoms with Crippen LogP contribution in [0.5, 0.6) is 0 Å². The molecule has 0 aliphatic heterocycles. The second-order valence-electron chi connectivity index (χ2n) is 2.69. The van der Waals surface area contributed by atoms with Crippen molar-refractivity contribution in [2.75, 3.05) is 13.7 Å². The maximum absolute atomic E-state index is 4.99. The minimum Gasteiger partial charge on any atom is -0.385 e. The summed E-state index contributed by atoms with van der Waals surface area (Å²) in [5.41, 5.74) is 1.36. The van der Waals surface area contributed by atoms with Crippen molar-refractivity contribution in [3.63, 3.8) is 0 Å². The Labute approximate surface area is 81.9 Å². The molecule has 0 radical (unpaired) electrons. The number of benzene rings is 1. The highest BCUT2D eigenvalue weighted by Crippen LogP contribution is 2.17. The summed E-state index contributed by atoms with van der Waals surface area (Å²) in [7, 11) is 1.74. The van der Waals surface area contributed by atoms with E-state index in [0.717, 1.165) is 19.4 Å². The topological polar surface area (TPSA) is 9.23 Å². The number of rotatable bonds is 4. The average Bonchev–Trinajstić information content (AvgIpc) is 2.09. The van der Waals surface area contributed by atoms with Gasteiger partial charge in [-0.15, -0.1) is 0 Å². The van der Waals surface area contributed by atoms with E-state index in [-0.39, 0.29) is 0 Å². The molecule has 0 aromatic heterocycles. The predicted octanol–water partition coefficient (Wildman–Crippen LogP) is 3.03. The van der Waals surface area contributed by atoms with Crippen LogP contribution in [0.4, 0.5) is 0 Å². The molecule has 1 rings (SSSR count). The molecule has 12 heavy (non-hydrogen) atoms. The number of hydrogen-bond donors (Lipinski definition) is 0. The number of aryl methyl sites for hydroxylation is 1. The van der Waals surface area contributed by atoms with Crippen LogP contribution in [-0.2, 0) is 11.2 Å². The Bertz CT molecular complexity index is 235. The van der Waals surface area contributed by atoms with Gasteiger partial charge in [-0.2, -0.15) is 0 Å². The van der Waals surface area contributed by atoms with Gasteiger partial charge in [0, 0.05) is 18.2 Å². The van der Waals surface area contributed by atoms with Gasteiger partial charge >= 0.3 is 0 Å². The lowest BCUT2D eigenvalue weighted by Crippen LogP contribution is -1.92. The highest BCUT2D eigenvalue weighted by atomic mass is 79.9. The molecule has 1 nitrogen and oxygen atoms in total. The van der Waals surface area contributed by atoms with Crippen LogP contribution in [0.1, 0.15) is 12.0 Å². The van der Waals surface area contributed by atoms with Crippen molar-refractivity contribution in [1.82, 2.24) is 0 Å². The van der Waals surface area contributed by atoms with Crippen molar-refractivity contribution in [3.8, 4) is 0 Å². The molecular formula is C10H13BrO. The molecule has 1 aromatic rings. The number of hydrogen-bond acceptors (Lipinski definition) is 1. The lowest BCUT2D eigenvalue weighted by Gasteiger charge is -2.02. The third-order valence-electron chi connectivity index (χ3n) is 1.75. The first-order valence-electron chi connectivity index (χ1n) is 4.07. The Kier molecular flexibility index (Phi) is 4.33. The Morgan fingerprint density at radius 1 is 1.33 bits per heavy atom. The van der Waals surface area contributed by atoms with Crippen LogP contribution in [0.3, 0.4) is 0 Å².